The number of hydrogen-bond donors (Lipinski definition) is 2. The standard InChI is InChI=1S/C23H36N6O.HI/c1-3-24-23(25-15-10-18-30-19(2)20-11-6-4-7-12-20)26-16-14-22-28-27-21-13-8-5-9-17-29(21)22;/h4,6-7,11-12,19H,3,5,8-10,13-18H2,1-2H3,(H2,24,25,26);1H. The van der Waals surface area contributed by atoms with Gasteiger partial charge in [-0.05, 0) is 38.7 Å². The molecule has 3 rings (SSSR count). The van der Waals surface area contributed by atoms with Crippen molar-refractivity contribution < 1.29 is 4.74 Å². The molecular formula is C23H37IN6O. The first-order chi connectivity index (χ1) is 14.8. The maximum atomic E-state index is 5.93. The van der Waals surface area contributed by atoms with Crippen LogP contribution in [0.4, 0.5) is 0 Å². The number of ether oxygens (including phenoxy) is 1. The first kappa shape index (κ1) is 25.6. The van der Waals surface area contributed by atoms with Crippen LogP contribution in [0.1, 0.15) is 62.8 Å². The zero-order valence-electron chi connectivity index (χ0n) is 18.8. The van der Waals surface area contributed by atoms with Gasteiger partial charge in [0.05, 0.1) is 6.10 Å². The molecule has 1 aliphatic rings. The highest BCUT2D eigenvalue weighted by atomic mass is 127. The summed E-state index contributed by atoms with van der Waals surface area (Å²) in [4.78, 5) is 4.68. The summed E-state index contributed by atoms with van der Waals surface area (Å²) in [7, 11) is 0. The minimum Gasteiger partial charge on any atom is -0.374 e. The molecule has 31 heavy (non-hydrogen) atoms. The normalized spacial score (nSPS) is 14.8. The van der Waals surface area contributed by atoms with Gasteiger partial charge in [-0.1, -0.05) is 36.8 Å². The van der Waals surface area contributed by atoms with E-state index in [9.17, 15) is 0 Å². The van der Waals surface area contributed by atoms with Crippen LogP contribution in [0.15, 0.2) is 35.3 Å². The van der Waals surface area contributed by atoms with Crippen LogP contribution in [0.5, 0.6) is 0 Å². The van der Waals surface area contributed by atoms with Gasteiger partial charge in [0.1, 0.15) is 11.6 Å². The molecule has 2 heterocycles. The van der Waals surface area contributed by atoms with Crippen LogP contribution in [0.3, 0.4) is 0 Å². The van der Waals surface area contributed by atoms with E-state index in [4.69, 9.17) is 4.74 Å². The molecule has 1 aliphatic heterocycles. The van der Waals surface area contributed by atoms with Gasteiger partial charge in [-0.3, -0.25) is 4.99 Å². The van der Waals surface area contributed by atoms with Gasteiger partial charge in [0.25, 0.3) is 0 Å². The minimum atomic E-state index is 0. The molecule has 8 heteroatoms. The van der Waals surface area contributed by atoms with E-state index < -0.39 is 0 Å². The van der Waals surface area contributed by atoms with E-state index in [-0.39, 0.29) is 30.1 Å². The zero-order chi connectivity index (χ0) is 21.0. The summed E-state index contributed by atoms with van der Waals surface area (Å²) in [6.45, 7) is 8.30. The van der Waals surface area contributed by atoms with E-state index in [0.29, 0.717) is 6.61 Å². The maximum absolute atomic E-state index is 5.93. The molecule has 2 aromatic rings. The van der Waals surface area contributed by atoms with E-state index in [1.165, 1.54) is 24.8 Å². The lowest BCUT2D eigenvalue weighted by atomic mass is 10.1. The first-order valence-electron chi connectivity index (χ1n) is 11.4. The van der Waals surface area contributed by atoms with Crippen molar-refractivity contribution in [2.75, 3.05) is 26.2 Å². The second-order valence-corrected chi connectivity index (χ2v) is 7.71. The maximum Gasteiger partial charge on any atom is 0.191 e. The predicted molar refractivity (Wildman–Crippen MR) is 136 cm³/mol. The number of guanidine groups is 1. The fourth-order valence-corrected chi connectivity index (χ4v) is 3.70. The van der Waals surface area contributed by atoms with Gasteiger partial charge in [-0.15, -0.1) is 34.2 Å². The van der Waals surface area contributed by atoms with Crippen molar-refractivity contribution in [1.82, 2.24) is 25.4 Å². The molecule has 0 aliphatic carbocycles. The van der Waals surface area contributed by atoms with Crippen molar-refractivity contribution in [3.63, 3.8) is 0 Å². The molecule has 0 amide bonds. The Balaban J connectivity index is 0.00000341. The number of halogens is 1. The van der Waals surface area contributed by atoms with Crippen LogP contribution in [-0.4, -0.2) is 47.0 Å². The van der Waals surface area contributed by atoms with Gasteiger partial charge in [0.2, 0.25) is 0 Å². The Hall–Kier alpha value is -1.68. The Labute approximate surface area is 203 Å². The summed E-state index contributed by atoms with van der Waals surface area (Å²) in [5.74, 6) is 3.08. The highest BCUT2D eigenvalue weighted by Crippen LogP contribution is 2.16. The molecule has 7 nitrogen and oxygen atoms in total. The van der Waals surface area contributed by atoms with Gasteiger partial charge >= 0.3 is 0 Å². The minimum absolute atomic E-state index is 0. The average Bonchev–Trinajstić information content (AvgIpc) is 3.00. The Bertz CT molecular complexity index is 780. The number of benzene rings is 1. The van der Waals surface area contributed by atoms with Crippen LogP contribution in [0.25, 0.3) is 0 Å². The van der Waals surface area contributed by atoms with Gasteiger partial charge in [-0.25, -0.2) is 0 Å². The number of fused-ring (bicyclic) bond motifs is 1. The van der Waals surface area contributed by atoms with Crippen LogP contribution in [-0.2, 0) is 24.1 Å². The van der Waals surface area contributed by atoms with E-state index in [0.717, 1.165) is 63.0 Å². The van der Waals surface area contributed by atoms with E-state index in [1.54, 1.807) is 0 Å². The molecule has 0 saturated heterocycles. The van der Waals surface area contributed by atoms with Gasteiger partial charge < -0.3 is 19.9 Å². The summed E-state index contributed by atoms with van der Waals surface area (Å²) in [6, 6.07) is 10.3. The summed E-state index contributed by atoms with van der Waals surface area (Å²) in [6.07, 6.45) is 6.64. The zero-order valence-corrected chi connectivity index (χ0v) is 21.2. The van der Waals surface area contributed by atoms with Crippen molar-refractivity contribution >= 4 is 29.9 Å². The lowest BCUT2D eigenvalue weighted by Crippen LogP contribution is -2.38. The van der Waals surface area contributed by atoms with Crippen LogP contribution in [0, 0.1) is 0 Å². The lowest BCUT2D eigenvalue weighted by Gasteiger charge is -2.14. The third-order valence-electron chi connectivity index (χ3n) is 5.38. The Kier molecular flexibility index (Phi) is 11.9. The van der Waals surface area contributed by atoms with E-state index in [2.05, 4.69) is 56.4 Å². The van der Waals surface area contributed by atoms with Crippen molar-refractivity contribution in [2.45, 2.75) is 65.0 Å². The van der Waals surface area contributed by atoms with E-state index in [1.807, 2.05) is 18.2 Å². The fourth-order valence-electron chi connectivity index (χ4n) is 3.70. The van der Waals surface area contributed by atoms with Crippen molar-refractivity contribution in [2.24, 2.45) is 4.99 Å². The van der Waals surface area contributed by atoms with Gasteiger partial charge in [0, 0.05) is 45.6 Å². The third kappa shape index (κ3) is 8.40. The SMILES string of the molecule is CCNC(=NCCCOC(C)c1ccccc1)NCCc1nnc2n1CCCCC2.I. The quantitative estimate of drug-likeness (QED) is 0.207. The average molecular weight is 540 g/mol. The monoisotopic (exact) mass is 540 g/mol. The highest BCUT2D eigenvalue weighted by molar-refractivity contribution is 14.0. The number of nitrogens with one attached hydrogen (secondary N) is 2. The smallest absolute Gasteiger partial charge is 0.191 e. The van der Waals surface area contributed by atoms with Crippen molar-refractivity contribution in [1.29, 1.82) is 0 Å². The molecule has 0 bridgehead atoms. The number of aliphatic imine (C=N–C) groups is 1. The number of aryl methyl sites for hydroxylation is 1. The number of rotatable bonds is 10. The van der Waals surface area contributed by atoms with Crippen molar-refractivity contribution in [3.05, 3.63) is 47.5 Å². The van der Waals surface area contributed by atoms with Crippen LogP contribution in [0.2, 0.25) is 0 Å². The Morgan fingerprint density at radius 1 is 1.16 bits per heavy atom. The number of nitrogens with zero attached hydrogens (tertiary/aromatic N) is 4. The second kappa shape index (κ2) is 14.4. The number of hydrogen-bond acceptors (Lipinski definition) is 4. The summed E-state index contributed by atoms with van der Waals surface area (Å²) < 4.78 is 8.24. The molecule has 0 radical (unpaired) electrons. The molecule has 2 N–H and O–H groups in total. The first-order valence-corrected chi connectivity index (χ1v) is 11.4. The molecule has 0 saturated carbocycles. The Morgan fingerprint density at radius 2 is 2.00 bits per heavy atom. The third-order valence-corrected chi connectivity index (χ3v) is 5.38. The van der Waals surface area contributed by atoms with Crippen LogP contribution < -0.4 is 10.6 Å². The molecule has 1 atom stereocenters. The summed E-state index contributed by atoms with van der Waals surface area (Å²) in [5, 5.41) is 15.5. The molecule has 0 fully saturated rings. The summed E-state index contributed by atoms with van der Waals surface area (Å²) in [5.41, 5.74) is 1.21. The van der Waals surface area contributed by atoms with Crippen LogP contribution >= 0.6 is 24.0 Å². The molecule has 1 aromatic carbocycles. The van der Waals surface area contributed by atoms with E-state index >= 15 is 0 Å². The number of aromatic nitrogens is 3. The largest absolute Gasteiger partial charge is 0.374 e. The summed E-state index contributed by atoms with van der Waals surface area (Å²) >= 11 is 0. The van der Waals surface area contributed by atoms with Crippen molar-refractivity contribution in [3.8, 4) is 0 Å². The molecular weight excluding hydrogens is 503 g/mol. The fraction of sp³-hybridized carbons (Fsp3) is 0.609. The van der Waals surface area contributed by atoms with Gasteiger partial charge in [-0.2, -0.15) is 0 Å². The van der Waals surface area contributed by atoms with Gasteiger partial charge in [0.15, 0.2) is 5.96 Å². The Morgan fingerprint density at radius 3 is 2.81 bits per heavy atom. The second-order valence-electron chi connectivity index (χ2n) is 7.71. The molecule has 0 spiro atoms. The topological polar surface area (TPSA) is 76.4 Å². The predicted octanol–water partition coefficient (Wildman–Crippen LogP) is 3.89. The molecule has 172 valence electrons. The lowest BCUT2D eigenvalue weighted by molar-refractivity contribution is 0.0652. The highest BCUT2D eigenvalue weighted by Gasteiger charge is 2.14. The molecule has 1 unspecified atom stereocenters. The molecule has 1 aromatic heterocycles.